The van der Waals surface area contributed by atoms with Crippen LogP contribution >= 0.6 is 0 Å². The monoisotopic (exact) mass is 256 g/mol. The number of hydrogen-bond acceptors (Lipinski definition) is 6. The van der Waals surface area contributed by atoms with Crippen molar-refractivity contribution in [2.75, 3.05) is 0 Å². The molecule has 0 bridgehead atoms. The molecule has 0 saturated heterocycles. The highest BCUT2D eigenvalue weighted by molar-refractivity contribution is 5.91. The van der Waals surface area contributed by atoms with Crippen LogP contribution in [0.25, 0.3) is 0 Å². The van der Waals surface area contributed by atoms with Crippen molar-refractivity contribution in [1.29, 1.82) is 0 Å². The predicted octanol–water partition coefficient (Wildman–Crippen LogP) is 0.972. The summed E-state index contributed by atoms with van der Waals surface area (Å²) in [5, 5.41) is 0. The molecule has 1 saturated carbocycles. The van der Waals surface area contributed by atoms with Crippen LogP contribution in [0.2, 0.25) is 0 Å². The fourth-order valence-electron chi connectivity index (χ4n) is 2.13. The van der Waals surface area contributed by atoms with Gasteiger partial charge in [-0.05, 0) is 12.8 Å². The first-order valence-electron chi connectivity index (χ1n) is 5.86. The van der Waals surface area contributed by atoms with E-state index in [-0.39, 0.29) is 0 Å². The van der Waals surface area contributed by atoms with Crippen LogP contribution in [0.3, 0.4) is 0 Å². The number of hydrogen-bond donors (Lipinski definition) is 0. The molecule has 6 nitrogen and oxygen atoms in total. The normalized spacial score (nSPS) is 23.0. The van der Waals surface area contributed by atoms with E-state index >= 15 is 0 Å². The Balaban J connectivity index is 2.73. The van der Waals surface area contributed by atoms with E-state index in [1.807, 2.05) is 0 Å². The van der Waals surface area contributed by atoms with Crippen molar-refractivity contribution in [2.24, 2.45) is 11.8 Å². The lowest BCUT2D eigenvalue weighted by atomic mass is 9.79. The molecule has 18 heavy (non-hydrogen) atoms. The van der Waals surface area contributed by atoms with Crippen molar-refractivity contribution in [3.8, 4) is 0 Å². The Bertz CT molecular complexity index is 337. The van der Waals surface area contributed by atoms with E-state index in [0.29, 0.717) is 12.8 Å². The summed E-state index contributed by atoms with van der Waals surface area (Å²) in [4.78, 5) is 44.8. The first-order chi connectivity index (χ1) is 8.41. The lowest BCUT2D eigenvalue weighted by molar-refractivity contribution is -0.172. The van der Waals surface area contributed by atoms with Gasteiger partial charge in [-0.15, -0.1) is 0 Å². The molecular formula is C12H16O6. The molecule has 2 atom stereocenters. The molecule has 1 fully saturated rings. The maximum absolute atomic E-state index is 11.7. The van der Waals surface area contributed by atoms with Crippen molar-refractivity contribution in [3.05, 3.63) is 0 Å². The van der Waals surface area contributed by atoms with Gasteiger partial charge >= 0.3 is 23.9 Å². The Kier molecular flexibility index (Phi) is 5.00. The van der Waals surface area contributed by atoms with Crippen molar-refractivity contribution in [2.45, 2.75) is 39.5 Å². The summed E-state index contributed by atoms with van der Waals surface area (Å²) in [6.07, 6.45) is 2.48. The molecule has 0 radical (unpaired) electrons. The van der Waals surface area contributed by atoms with Crippen LogP contribution < -0.4 is 0 Å². The summed E-state index contributed by atoms with van der Waals surface area (Å²) < 4.78 is 9.01. The number of esters is 4. The van der Waals surface area contributed by atoms with Gasteiger partial charge in [-0.1, -0.05) is 12.8 Å². The van der Waals surface area contributed by atoms with Gasteiger partial charge in [0.2, 0.25) is 0 Å². The predicted molar refractivity (Wildman–Crippen MR) is 59.0 cm³/mol. The van der Waals surface area contributed by atoms with E-state index in [9.17, 15) is 19.2 Å². The Morgan fingerprint density at radius 2 is 1.11 bits per heavy atom. The summed E-state index contributed by atoms with van der Waals surface area (Å²) >= 11 is 0. The topological polar surface area (TPSA) is 86.7 Å². The third kappa shape index (κ3) is 3.94. The fraction of sp³-hybridized carbons (Fsp3) is 0.667. The van der Waals surface area contributed by atoms with Crippen LogP contribution in [-0.4, -0.2) is 23.9 Å². The van der Waals surface area contributed by atoms with Gasteiger partial charge in [0.25, 0.3) is 0 Å². The fourth-order valence-corrected chi connectivity index (χ4v) is 2.13. The second-order valence-electron chi connectivity index (χ2n) is 4.32. The Labute approximate surface area is 105 Å². The molecule has 1 aliphatic carbocycles. The molecule has 100 valence electrons. The number of ether oxygens (including phenoxy) is 2. The zero-order valence-electron chi connectivity index (χ0n) is 10.4. The third-order valence-corrected chi connectivity index (χ3v) is 2.86. The molecule has 0 aromatic heterocycles. The quantitative estimate of drug-likeness (QED) is 0.540. The molecule has 0 heterocycles. The minimum atomic E-state index is -0.715. The molecule has 1 aliphatic rings. The highest BCUT2D eigenvalue weighted by atomic mass is 16.6. The van der Waals surface area contributed by atoms with Gasteiger partial charge in [-0.2, -0.15) is 0 Å². The Morgan fingerprint density at radius 1 is 0.778 bits per heavy atom. The number of carbonyl (C=O) groups excluding carboxylic acids is 4. The SMILES string of the molecule is CC(=O)OC(=O)C1CCCCC1C(=O)OC(C)=O. The van der Waals surface area contributed by atoms with Gasteiger partial charge in [-0.25, -0.2) is 0 Å². The van der Waals surface area contributed by atoms with Crippen LogP contribution in [0.4, 0.5) is 0 Å². The molecule has 0 amide bonds. The number of rotatable bonds is 2. The minimum Gasteiger partial charge on any atom is -0.393 e. The maximum Gasteiger partial charge on any atom is 0.317 e. The average Bonchev–Trinajstić information content (AvgIpc) is 2.27. The highest BCUT2D eigenvalue weighted by Gasteiger charge is 2.38. The van der Waals surface area contributed by atoms with E-state index in [1.54, 1.807) is 0 Å². The summed E-state index contributed by atoms with van der Waals surface area (Å²) in [5.74, 6) is -4.24. The molecule has 0 spiro atoms. The number of carbonyl (C=O) groups is 4. The van der Waals surface area contributed by atoms with Crippen LogP contribution in [-0.2, 0) is 28.7 Å². The lowest BCUT2D eigenvalue weighted by Crippen LogP contribution is -2.36. The van der Waals surface area contributed by atoms with Gasteiger partial charge < -0.3 is 9.47 Å². The van der Waals surface area contributed by atoms with Gasteiger partial charge in [0.15, 0.2) is 0 Å². The van der Waals surface area contributed by atoms with Crippen molar-refractivity contribution in [3.63, 3.8) is 0 Å². The van der Waals surface area contributed by atoms with E-state index in [2.05, 4.69) is 9.47 Å². The highest BCUT2D eigenvalue weighted by Crippen LogP contribution is 2.32. The molecule has 0 N–H and O–H groups in total. The largest absolute Gasteiger partial charge is 0.393 e. The van der Waals surface area contributed by atoms with Gasteiger partial charge in [0.05, 0.1) is 11.8 Å². The second-order valence-corrected chi connectivity index (χ2v) is 4.32. The molecule has 0 aromatic carbocycles. The van der Waals surface area contributed by atoms with E-state index in [0.717, 1.165) is 26.7 Å². The van der Waals surface area contributed by atoms with Gasteiger partial charge in [0.1, 0.15) is 0 Å². The second kappa shape index (κ2) is 6.28. The van der Waals surface area contributed by atoms with Crippen molar-refractivity contribution in [1.82, 2.24) is 0 Å². The Hall–Kier alpha value is -1.72. The Morgan fingerprint density at radius 3 is 1.39 bits per heavy atom. The molecule has 0 aromatic rings. The first-order valence-corrected chi connectivity index (χ1v) is 5.86. The van der Waals surface area contributed by atoms with Crippen LogP contribution in [0.15, 0.2) is 0 Å². The summed E-state index contributed by atoms with van der Waals surface area (Å²) in [6, 6.07) is 0. The van der Waals surface area contributed by atoms with Crippen molar-refractivity contribution < 1.29 is 28.7 Å². The smallest absolute Gasteiger partial charge is 0.317 e. The zero-order chi connectivity index (χ0) is 13.7. The van der Waals surface area contributed by atoms with E-state index in [1.165, 1.54) is 0 Å². The minimum absolute atomic E-state index is 0.462. The van der Waals surface area contributed by atoms with E-state index in [4.69, 9.17) is 0 Å². The van der Waals surface area contributed by atoms with Crippen LogP contribution in [0, 0.1) is 11.8 Å². The molecule has 0 aliphatic heterocycles. The molecule has 2 unspecified atom stereocenters. The summed E-state index contributed by atoms with van der Waals surface area (Å²) in [7, 11) is 0. The summed E-state index contributed by atoms with van der Waals surface area (Å²) in [6.45, 7) is 2.26. The van der Waals surface area contributed by atoms with Crippen LogP contribution in [0.5, 0.6) is 0 Å². The molecule has 1 rings (SSSR count). The summed E-state index contributed by atoms with van der Waals surface area (Å²) in [5.41, 5.74) is 0. The first kappa shape index (κ1) is 14.3. The van der Waals surface area contributed by atoms with Gasteiger partial charge in [-0.3, -0.25) is 19.2 Å². The molecular weight excluding hydrogens is 240 g/mol. The third-order valence-electron chi connectivity index (χ3n) is 2.86. The van der Waals surface area contributed by atoms with Gasteiger partial charge in [0, 0.05) is 13.8 Å². The lowest BCUT2D eigenvalue weighted by Gasteiger charge is -2.27. The van der Waals surface area contributed by atoms with Crippen molar-refractivity contribution >= 4 is 23.9 Å². The average molecular weight is 256 g/mol. The van der Waals surface area contributed by atoms with Crippen LogP contribution in [0.1, 0.15) is 39.5 Å². The molecule has 6 heteroatoms. The standard InChI is InChI=1S/C12H16O6/c1-7(13)17-11(15)9-5-3-4-6-10(9)12(16)18-8(2)14/h9-10H,3-6H2,1-2H3. The zero-order valence-corrected chi connectivity index (χ0v) is 10.4. The van der Waals surface area contributed by atoms with E-state index < -0.39 is 35.7 Å². The maximum atomic E-state index is 11.7.